The van der Waals surface area contributed by atoms with Gasteiger partial charge < -0.3 is 15.3 Å². The monoisotopic (exact) mass is 264 g/mol. The van der Waals surface area contributed by atoms with Crippen LogP contribution in [0.15, 0.2) is 24.3 Å². The van der Waals surface area contributed by atoms with Crippen molar-refractivity contribution in [1.29, 1.82) is 0 Å². The molecule has 0 bridgehead atoms. The normalized spacial score (nSPS) is 10.4. The molecule has 0 saturated carbocycles. The standard InChI is InChI=1S/C14H20N2O3/c1-10(2)15-13(18)11-4-6-12(7-5-11)14(19)16(3)8-9-17/h4-7,10,17H,8-9H2,1-3H3,(H,15,18). The zero-order chi connectivity index (χ0) is 14.4. The van der Waals surface area contributed by atoms with Gasteiger partial charge in [-0.3, -0.25) is 9.59 Å². The molecule has 0 atom stereocenters. The van der Waals surface area contributed by atoms with Crippen LogP contribution in [0.25, 0.3) is 0 Å². The summed E-state index contributed by atoms with van der Waals surface area (Å²) in [5.74, 6) is -0.331. The summed E-state index contributed by atoms with van der Waals surface area (Å²) in [6, 6.07) is 6.55. The average molecular weight is 264 g/mol. The smallest absolute Gasteiger partial charge is 0.253 e. The van der Waals surface area contributed by atoms with Gasteiger partial charge in [0.2, 0.25) is 0 Å². The molecule has 0 aliphatic carbocycles. The number of nitrogens with zero attached hydrogens (tertiary/aromatic N) is 1. The van der Waals surface area contributed by atoms with Crippen LogP contribution in [0.5, 0.6) is 0 Å². The van der Waals surface area contributed by atoms with Crippen molar-refractivity contribution in [2.75, 3.05) is 20.2 Å². The number of aliphatic hydroxyl groups is 1. The van der Waals surface area contributed by atoms with Crippen LogP contribution in [0.1, 0.15) is 34.6 Å². The Morgan fingerprint density at radius 2 is 1.74 bits per heavy atom. The zero-order valence-electron chi connectivity index (χ0n) is 11.5. The first-order chi connectivity index (χ1) is 8.95. The molecule has 104 valence electrons. The highest BCUT2D eigenvalue weighted by Gasteiger charge is 2.12. The fraction of sp³-hybridized carbons (Fsp3) is 0.429. The van der Waals surface area contributed by atoms with Crippen LogP contribution >= 0.6 is 0 Å². The first kappa shape index (κ1) is 15.2. The van der Waals surface area contributed by atoms with Crippen LogP contribution in [0.4, 0.5) is 0 Å². The number of hydrogen-bond acceptors (Lipinski definition) is 3. The van der Waals surface area contributed by atoms with Gasteiger partial charge in [0.15, 0.2) is 0 Å². The number of aliphatic hydroxyl groups excluding tert-OH is 1. The molecular weight excluding hydrogens is 244 g/mol. The van der Waals surface area contributed by atoms with Gasteiger partial charge >= 0.3 is 0 Å². The van der Waals surface area contributed by atoms with Crippen LogP contribution in [-0.4, -0.2) is 48.1 Å². The highest BCUT2D eigenvalue weighted by Crippen LogP contribution is 2.07. The van der Waals surface area contributed by atoms with Gasteiger partial charge in [-0.2, -0.15) is 0 Å². The van der Waals surface area contributed by atoms with Gasteiger partial charge in [-0.25, -0.2) is 0 Å². The van der Waals surface area contributed by atoms with Gasteiger partial charge in [0.05, 0.1) is 6.61 Å². The fourth-order valence-electron chi connectivity index (χ4n) is 1.58. The number of likely N-dealkylation sites (N-methyl/N-ethyl adjacent to an activating group) is 1. The molecule has 5 nitrogen and oxygen atoms in total. The third-order valence-electron chi connectivity index (χ3n) is 2.60. The highest BCUT2D eigenvalue weighted by atomic mass is 16.3. The molecule has 0 heterocycles. The summed E-state index contributed by atoms with van der Waals surface area (Å²) in [6.45, 7) is 3.99. The van der Waals surface area contributed by atoms with E-state index in [1.807, 2.05) is 13.8 Å². The minimum Gasteiger partial charge on any atom is -0.395 e. The third-order valence-corrected chi connectivity index (χ3v) is 2.60. The van der Waals surface area contributed by atoms with Crippen molar-refractivity contribution in [3.8, 4) is 0 Å². The molecular formula is C14H20N2O3. The topological polar surface area (TPSA) is 69.6 Å². The van der Waals surface area contributed by atoms with Crippen molar-refractivity contribution in [1.82, 2.24) is 10.2 Å². The maximum absolute atomic E-state index is 11.9. The second kappa shape index (κ2) is 6.89. The quantitative estimate of drug-likeness (QED) is 0.829. The Bertz CT molecular complexity index is 441. The molecule has 0 aliphatic heterocycles. The number of carbonyl (C=O) groups is 2. The number of amides is 2. The van der Waals surface area contributed by atoms with Gasteiger partial charge in [0.1, 0.15) is 0 Å². The minimum atomic E-state index is -0.176. The van der Waals surface area contributed by atoms with E-state index < -0.39 is 0 Å². The number of carbonyl (C=O) groups excluding carboxylic acids is 2. The van der Waals surface area contributed by atoms with Crippen molar-refractivity contribution in [3.05, 3.63) is 35.4 Å². The van der Waals surface area contributed by atoms with E-state index in [4.69, 9.17) is 5.11 Å². The third kappa shape index (κ3) is 4.37. The molecule has 0 unspecified atom stereocenters. The summed E-state index contributed by atoms with van der Waals surface area (Å²) in [5, 5.41) is 11.6. The van der Waals surface area contributed by atoms with Gasteiger partial charge in [-0.05, 0) is 38.1 Å². The number of hydrogen-bond donors (Lipinski definition) is 2. The number of benzene rings is 1. The maximum Gasteiger partial charge on any atom is 0.253 e. The molecule has 0 aliphatic rings. The summed E-state index contributed by atoms with van der Waals surface area (Å²) in [5.41, 5.74) is 1.02. The van der Waals surface area contributed by atoms with Crippen molar-refractivity contribution < 1.29 is 14.7 Å². The SMILES string of the molecule is CC(C)NC(=O)c1ccc(C(=O)N(C)CCO)cc1. The lowest BCUT2D eigenvalue weighted by molar-refractivity contribution is 0.0766. The van der Waals surface area contributed by atoms with E-state index in [0.29, 0.717) is 11.1 Å². The summed E-state index contributed by atoms with van der Waals surface area (Å²) in [4.78, 5) is 25.1. The maximum atomic E-state index is 11.9. The van der Waals surface area contributed by atoms with Crippen LogP contribution in [0.3, 0.4) is 0 Å². The lowest BCUT2D eigenvalue weighted by Gasteiger charge is -2.15. The molecule has 0 radical (unpaired) electrons. The Morgan fingerprint density at radius 1 is 1.21 bits per heavy atom. The van der Waals surface area contributed by atoms with Crippen LogP contribution in [0, 0.1) is 0 Å². The predicted molar refractivity (Wildman–Crippen MR) is 73.1 cm³/mol. The lowest BCUT2D eigenvalue weighted by atomic mass is 10.1. The van der Waals surface area contributed by atoms with E-state index in [9.17, 15) is 9.59 Å². The summed E-state index contributed by atoms with van der Waals surface area (Å²) in [6.07, 6.45) is 0. The molecule has 19 heavy (non-hydrogen) atoms. The molecule has 1 aromatic rings. The Labute approximate surface area is 113 Å². The molecule has 0 aromatic heterocycles. The Kier molecular flexibility index (Phi) is 5.51. The van der Waals surface area contributed by atoms with Crippen molar-refractivity contribution in [2.45, 2.75) is 19.9 Å². The number of nitrogens with one attached hydrogen (secondary N) is 1. The van der Waals surface area contributed by atoms with Crippen molar-refractivity contribution in [2.24, 2.45) is 0 Å². The largest absolute Gasteiger partial charge is 0.395 e. The van der Waals surface area contributed by atoms with Crippen LogP contribution in [0.2, 0.25) is 0 Å². The minimum absolute atomic E-state index is 0.0723. The van der Waals surface area contributed by atoms with E-state index in [0.717, 1.165) is 0 Å². The molecule has 0 saturated heterocycles. The van der Waals surface area contributed by atoms with Crippen molar-refractivity contribution >= 4 is 11.8 Å². The Balaban J connectivity index is 2.76. The van der Waals surface area contributed by atoms with Gasteiger partial charge in [-0.15, -0.1) is 0 Å². The molecule has 2 N–H and O–H groups in total. The van der Waals surface area contributed by atoms with Crippen LogP contribution in [-0.2, 0) is 0 Å². The Hall–Kier alpha value is -1.88. The molecule has 1 rings (SSSR count). The average Bonchev–Trinajstić information content (AvgIpc) is 2.37. The van der Waals surface area contributed by atoms with E-state index >= 15 is 0 Å². The van der Waals surface area contributed by atoms with Crippen molar-refractivity contribution in [3.63, 3.8) is 0 Å². The highest BCUT2D eigenvalue weighted by molar-refractivity contribution is 5.97. The van der Waals surface area contributed by atoms with Gasteiger partial charge in [0.25, 0.3) is 11.8 Å². The Morgan fingerprint density at radius 3 is 2.21 bits per heavy atom. The van der Waals surface area contributed by atoms with E-state index in [1.54, 1.807) is 31.3 Å². The van der Waals surface area contributed by atoms with E-state index in [2.05, 4.69) is 5.32 Å². The molecule has 0 spiro atoms. The molecule has 1 aromatic carbocycles. The lowest BCUT2D eigenvalue weighted by Crippen LogP contribution is -2.31. The summed E-state index contributed by atoms with van der Waals surface area (Å²) >= 11 is 0. The predicted octanol–water partition coefficient (Wildman–Crippen LogP) is 0.889. The summed E-state index contributed by atoms with van der Waals surface area (Å²) < 4.78 is 0. The molecule has 5 heteroatoms. The van der Waals surface area contributed by atoms with E-state index in [1.165, 1.54) is 4.90 Å². The first-order valence-corrected chi connectivity index (χ1v) is 6.23. The van der Waals surface area contributed by atoms with E-state index in [-0.39, 0.29) is 31.0 Å². The van der Waals surface area contributed by atoms with Gasteiger partial charge in [0, 0.05) is 30.8 Å². The zero-order valence-corrected chi connectivity index (χ0v) is 11.5. The first-order valence-electron chi connectivity index (χ1n) is 6.23. The fourth-order valence-corrected chi connectivity index (χ4v) is 1.58. The second-order valence-corrected chi connectivity index (χ2v) is 4.66. The second-order valence-electron chi connectivity index (χ2n) is 4.66. The number of rotatable bonds is 5. The molecule has 0 fully saturated rings. The summed E-state index contributed by atoms with van der Waals surface area (Å²) in [7, 11) is 1.62. The molecule has 2 amide bonds. The van der Waals surface area contributed by atoms with Crippen LogP contribution < -0.4 is 5.32 Å². The van der Waals surface area contributed by atoms with Gasteiger partial charge in [-0.1, -0.05) is 0 Å².